The van der Waals surface area contributed by atoms with Crippen molar-refractivity contribution in [2.24, 2.45) is 0 Å². The van der Waals surface area contributed by atoms with Crippen LogP contribution in [0.25, 0.3) is 0 Å². The van der Waals surface area contributed by atoms with Gasteiger partial charge in [0.2, 0.25) is 0 Å². The fraction of sp³-hybridized carbons (Fsp3) is 0.353. The third kappa shape index (κ3) is 3.87. The van der Waals surface area contributed by atoms with Crippen molar-refractivity contribution in [2.45, 2.75) is 32.7 Å². The SMILES string of the molecule is CCCNC(C)c1ccc(F)c(Cc2cccnc2)c1. The number of aromatic nitrogens is 1. The Morgan fingerprint density at radius 3 is 2.85 bits per heavy atom. The first kappa shape index (κ1) is 14.7. The maximum absolute atomic E-state index is 13.9. The Hall–Kier alpha value is -1.74. The predicted octanol–water partition coefficient (Wildman–Crippen LogP) is 3.87. The van der Waals surface area contributed by atoms with Gasteiger partial charge in [0.1, 0.15) is 5.82 Å². The van der Waals surface area contributed by atoms with Crippen LogP contribution in [0.5, 0.6) is 0 Å². The molecule has 0 saturated heterocycles. The summed E-state index contributed by atoms with van der Waals surface area (Å²) in [6.07, 6.45) is 5.18. The zero-order valence-electron chi connectivity index (χ0n) is 12.1. The Kier molecular flexibility index (Phi) is 5.24. The van der Waals surface area contributed by atoms with Crippen molar-refractivity contribution in [3.05, 3.63) is 65.2 Å². The van der Waals surface area contributed by atoms with Gasteiger partial charge in [-0.2, -0.15) is 0 Å². The maximum atomic E-state index is 13.9. The Balaban J connectivity index is 2.16. The minimum absolute atomic E-state index is 0.153. The summed E-state index contributed by atoms with van der Waals surface area (Å²) in [6, 6.07) is 9.46. The monoisotopic (exact) mass is 272 g/mol. The van der Waals surface area contributed by atoms with Crippen LogP contribution in [0.2, 0.25) is 0 Å². The van der Waals surface area contributed by atoms with Gasteiger partial charge >= 0.3 is 0 Å². The fourth-order valence-electron chi connectivity index (χ4n) is 2.20. The minimum atomic E-state index is -0.153. The average Bonchev–Trinajstić information content (AvgIpc) is 2.48. The Bertz CT molecular complexity index is 540. The second-order valence-electron chi connectivity index (χ2n) is 5.06. The summed E-state index contributed by atoms with van der Waals surface area (Å²) in [5, 5.41) is 3.42. The fourth-order valence-corrected chi connectivity index (χ4v) is 2.20. The van der Waals surface area contributed by atoms with Gasteiger partial charge in [0.05, 0.1) is 0 Å². The summed E-state index contributed by atoms with van der Waals surface area (Å²) in [6.45, 7) is 5.21. The molecule has 0 spiro atoms. The smallest absolute Gasteiger partial charge is 0.126 e. The summed E-state index contributed by atoms with van der Waals surface area (Å²) in [4.78, 5) is 4.07. The maximum Gasteiger partial charge on any atom is 0.126 e. The Morgan fingerprint density at radius 1 is 1.30 bits per heavy atom. The number of nitrogens with zero attached hydrogens (tertiary/aromatic N) is 1. The van der Waals surface area contributed by atoms with Crippen LogP contribution in [0.1, 0.15) is 43.0 Å². The van der Waals surface area contributed by atoms with Crippen LogP contribution in [-0.2, 0) is 6.42 Å². The largest absolute Gasteiger partial charge is 0.310 e. The molecule has 106 valence electrons. The molecule has 0 aliphatic heterocycles. The van der Waals surface area contributed by atoms with E-state index in [0.29, 0.717) is 6.42 Å². The second kappa shape index (κ2) is 7.15. The van der Waals surface area contributed by atoms with E-state index in [4.69, 9.17) is 0 Å². The number of nitrogens with one attached hydrogen (secondary N) is 1. The highest BCUT2D eigenvalue weighted by molar-refractivity contribution is 5.31. The molecular formula is C17H21FN2. The lowest BCUT2D eigenvalue weighted by molar-refractivity contribution is 0.565. The van der Waals surface area contributed by atoms with Crippen molar-refractivity contribution < 1.29 is 4.39 Å². The van der Waals surface area contributed by atoms with Crippen LogP contribution in [0, 0.1) is 5.82 Å². The number of hydrogen-bond acceptors (Lipinski definition) is 2. The van der Waals surface area contributed by atoms with E-state index < -0.39 is 0 Å². The van der Waals surface area contributed by atoms with Gasteiger partial charge < -0.3 is 5.32 Å². The van der Waals surface area contributed by atoms with E-state index in [-0.39, 0.29) is 11.9 Å². The molecule has 0 aliphatic rings. The van der Waals surface area contributed by atoms with Gasteiger partial charge in [-0.15, -0.1) is 0 Å². The number of hydrogen-bond donors (Lipinski definition) is 1. The Labute approximate surface area is 120 Å². The lowest BCUT2D eigenvalue weighted by atomic mass is 10.00. The van der Waals surface area contributed by atoms with Gasteiger partial charge in [-0.1, -0.05) is 25.1 Å². The second-order valence-corrected chi connectivity index (χ2v) is 5.06. The van der Waals surface area contributed by atoms with Crippen LogP contribution >= 0.6 is 0 Å². The molecule has 1 aromatic carbocycles. The molecule has 0 saturated carbocycles. The third-order valence-corrected chi connectivity index (χ3v) is 3.39. The molecule has 20 heavy (non-hydrogen) atoms. The van der Waals surface area contributed by atoms with E-state index >= 15 is 0 Å². The topological polar surface area (TPSA) is 24.9 Å². The summed E-state index contributed by atoms with van der Waals surface area (Å²) < 4.78 is 13.9. The van der Waals surface area contributed by atoms with Gasteiger partial charge in [0.25, 0.3) is 0 Å². The van der Waals surface area contributed by atoms with Crippen molar-refractivity contribution in [1.29, 1.82) is 0 Å². The summed E-state index contributed by atoms with van der Waals surface area (Å²) in [7, 11) is 0. The normalized spacial score (nSPS) is 12.3. The molecule has 1 N–H and O–H groups in total. The van der Waals surface area contributed by atoms with Crippen molar-refractivity contribution >= 4 is 0 Å². The summed E-state index contributed by atoms with van der Waals surface area (Å²) in [5.74, 6) is -0.153. The van der Waals surface area contributed by atoms with Crippen LogP contribution in [-0.4, -0.2) is 11.5 Å². The van der Waals surface area contributed by atoms with E-state index in [1.807, 2.05) is 24.3 Å². The molecule has 0 amide bonds. The van der Waals surface area contributed by atoms with Gasteiger partial charge in [0, 0.05) is 24.9 Å². The first-order valence-corrected chi connectivity index (χ1v) is 7.11. The van der Waals surface area contributed by atoms with Crippen molar-refractivity contribution in [3.8, 4) is 0 Å². The van der Waals surface area contributed by atoms with Gasteiger partial charge in [0.15, 0.2) is 0 Å². The molecular weight excluding hydrogens is 251 g/mol. The summed E-state index contributed by atoms with van der Waals surface area (Å²) in [5.41, 5.74) is 2.87. The van der Waals surface area contributed by atoms with Gasteiger partial charge in [-0.25, -0.2) is 4.39 Å². The Morgan fingerprint density at radius 2 is 2.15 bits per heavy atom. The highest BCUT2D eigenvalue weighted by Gasteiger charge is 2.09. The first-order valence-electron chi connectivity index (χ1n) is 7.11. The van der Waals surface area contributed by atoms with Crippen LogP contribution in [0.3, 0.4) is 0 Å². The van der Waals surface area contributed by atoms with E-state index in [1.165, 1.54) is 0 Å². The molecule has 0 fully saturated rings. The van der Waals surface area contributed by atoms with E-state index in [2.05, 4.69) is 24.1 Å². The van der Waals surface area contributed by atoms with Crippen molar-refractivity contribution in [3.63, 3.8) is 0 Å². The van der Waals surface area contributed by atoms with Crippen LogP contribution in [0.15, 0.2) is 42.7 Å². The average molecular weight is 272 g/mol. The zero-order chi connectivity index (χ0) is 14.4. The van der Waals surface area contributed by atoms with Crippen molar-refractivity contribution in [2.75, 3.05) is 6.54 Å². The molecule has 3 heteroatoms. The molecule has 1 atom stereocenters. The van der Waals surface area contributed by atoms with E-state index in [1.54, 1.807) is 18.5 Å². The number of rotatable bonds is 6. The molecule has 0 radical (unpaired) electrons. The summed E-state index contributed by atoms with van der Waals surface area (Å²) >= 11 is 0. The molecule has 0 bridgehead atoms. The molecule has 2 rings (SSSR count). The first-order chi connectivity index (χ1) is 9.70. The molecule has 1 heterocycles. The van der Waals surface area contributed by atoms with E-state index in [9.17, 15) is 4.39 Å². The van der Waals surface area contributed by atoms with Crippen LogP contribution < -0.4 is 5.32 Å². The van der Waals surface area contributed by atoms with Crippen LogP contribution in [0.4, 0.5) is 4.39 Å². The molecule has 2 nitrogen and oxygen atoms in total. The molecule has 1 unspecified atom stereocenters. The number of pyridine rings is 1. The molecule has 2 aromatic rings. The quantitative estimate of drug-likeness (QED) is 0.863. The van der Waals surface area contributed by atoms with Gasteiger partial charge in [-0.3, -0.25) is 4.98 Å². The highest BCUT2D eigenvalue weighted by Crippen LogP contribution is 2.19. The third-order valence-electron chi connectivity index (χ3n) is 3.39. The molecule has 0 aliphatic carbocycles. The highest BCUT2D eigenvalue weighted by atomic mass is 19.1. The van der Waals surface area contributed by atoms with Gasteiger partial charge in [-0.05, 0) is 48.7 Å². The zero-order valence-corrected chi connectivity index (χ0v) is 12.1. The standard InChI is InChI=1S/C17H21FN2/c1-3-8-20-13(2)15-6-7-17(18)16(11-15)10-14-5-4-9-19-12-14/h4-7,9,11-13,20H,3,8,10H2,1-2H3. The lowest BCUT2D eigenvalue weighted by Crippen LogP contribution is -2.19. The van der Waals surface area contributed by atoms with Crippen molar-refractivity contribution in [1.82, 2.24) is 10.3 Å². The van der Waals surface area contributed by atoms with E-state index in [0.717, 1.165) is 29.7 Å². The number of halogens is 1. The predicted molar refractivity (Wildman–Crippen MR) is 80.2 cm³/mol. The lowest BCUT2D eigenvalue weighted by Gasteiger charge is -2.15. The number of benzene rings is 1. The molecule has 1 aromatic heterocycles. The minimum Gasteiger partial charge on any atom is -0.310 e.